The van der Waals surface area contributed by atoms with Crippen molar-refractivity contribution in [3.63, 3.8) is 0 Å². The van der Waals surface area contributed by atoms with Crippen LogP contribution in [-0.2, 0) is 16.0 Å². The number of esters is 1. The van der Waals surface area contributed by atoms with Crippen LogP contribution < -0.4 is 0 Å². The fourth-order valence-electron chi connectivity index (χ4n) is 1.27. The fraction of sp³-hybridized carbons (Fsp3) is 0.400. The van der Waals surface area contributed by atoms with E-state index < -0.39 is 12.4 Å². The predicted molar refractivity (Wildman–Crippen MR) is 54.7 cm³/mol. The average Bonchev–Trinajstić information content (AvgIpc) is 2.20. The Kier molecular flexibility index (Phi) is 4.18. The molecule has 0 amide bonds. The van der Waals surface area contributed by atoms with Gasteiger partial charge in [0.05, 0.1) is 13.5 Å². The molecule has 0 bridgehead atoms. The number of aromatic nitrogens is 1. The monoisotopic (exact) mass is 249 g/mol. The van der Waals surface area contributed by atoms with Crippen molar-refractivity contribution in [1.82, 2.24) is 4.98 Å². The van der Waals surface area contributed by atoms with E-state index in [1.807, 2.05) is 0 Å². The third kappa shape index (κ3) is 2.88. The third-order valence-electron chi connectivity index (χ3n) is 2.02. The normalized spacial score (nSPS) is 10.6. The summed E-state index contributed by atoms with van der Waals surface area (Å²) in [6.45, 7) is 1.56. The highest BCUT2D eigenvalue weighted by Gasteiger charge is 2.20. The van der Waals surface area contributed by atoms with Gasteiger partial charge in [0.2, 0.25) is 0 Å². The van der Waals surface area contributed by atoms with Crippen LogP contribution in [0.5, 0.6) is 0 Å². The maximum Gasteiger partial charge on any atom is 0.310 e. The van der Waals surface area contributed by atoms with Crippen LogP contribution >= 0.6 is 11.6 Å². The summed E-state index contributed by atoms with van der Waals surface area (Å²) < 4.78 is 29.8. The van der Waals surface area contributed by atoms with Crippen LogP contribution in [0.1, 0.15) is 23.2 Å². The van der Waals surface area contributed by atoms with E-state index >= 15 is 0 Å². The molecule has 0 saturated carbocycles. The minimum atomic E-state index is -2.70. The van der Waals surface area contributed by atoms with Gasteiger partial charge in [-0.25, -0.2) is 13.8 Å². The molecular formula is C10H10ClF2NO2. The number of carbonyl (C=O) groups is 1. The predicted octanol–water partition coefficient (Wildman–Crippen LogP) is 2.70. The maximum atomic E-state index is 12.7. The molecule has 6 heteroatoms. The lowest BCUT2D eigenvalue weighted by atomic mass is 10.1. The molecule has 1 rings (SSSR count). The number of aryl methyl sites for hydroxylation is 1. The van der Waals surface area contributed by atoms with Crippen LogP contribution in [0, 0.1) is 6.92 Å². The Labute approximate surface area is 96.4 Å². The number of hydrogen-bond acceptors (Lipinski definition) is 3. The van der Waals surface area contributed by atoms with Gasteiger partial charge < -0.3 is 4.74 Å². The summed E-state index contributed by atoms with van der Waals surface area (Å²) in [6.07, 6.45) is -3.00. The van der Waals surface area contributed by atoms with E-state index in [0.717, 1.165) is 0 Å². The van der Waals surface area contributed by atoms with Crippen molar-refractivity contribution in [2.24, 2.45) is 0 Å². The van der Waals surface area contributed by atoms with E-state index in [2.05, 4.69) is 9.72 Å². The van der Waals surface area contributed by atoms with Crippen molar-refractivity contribution in [3.05, 3.63) is 28.0 Å². The summed E-state index contributed by atoms with van der Waals surface area (Å²) in [4.78, 5) is 14.9. The molecule has 0 spiro atoms. The second-order valence-electron chi connectivity index (χ2n) is 3.18. The molecule has 1 aromatic heterocycles. The summed E-state index contributed by atoms with van der Waals surface area (Å²) >= 11 is 5.73. The van der Waals surface area contributed by atoms with Crippen LogP contribution in [0.2, 0.25) is 5.15 Å². The number of halogens is 3. The largest absolute Gasteiger partial charge is 0.469 e. The standard InChI is InChI=1S/C10H10ClF2NO2/c1-5-3-7(10(12)13)6(9(11)14-5)4-8(15)16-2/h3,10H,4H2,1-2H3. The van der Waals surface area contributed by atoms with E-state index in [0.29, 0.717) is 5.69 Å². The van der Waals surface area contributed by atoms with Crippen molar-refractivity contribution >= 4 is 17.6 Å². The summed E-state index contributed by atoms with van der Waals surface area (Å²) in [5.41, 5.74) is 0.130. The zero-order valence-electron chi connectivity index (χ0n) is 8.76. The zero-order chi connectivity index (χ0) is 12.3. The van der Waals surface area contributed by atoms with Crippen molar-refractivity contribution < 1.29 is 18.3 Å². The summed E-state index contributed by atoms with van der Waals surface area (Å²) in [6, 6.07) is 1.22. The summed E-state index contributed by atoms with van der Waals surface area (Å²) in [7, 11) is 1.18. The van der Waals surface area contributed by atoms with Gasteiger partial charge in [-0.1, -0.05) is 11.6 Å². The molecule has 1 heterocycles. The molecule has 1 aromatic rings. The van der Waals surface area contributed by atoms with Crippen LogP contribution in [0.15, 0.2) is 6.07 Å². The number of carbonyl (C=O) groups excluding carboxylic acids is 1. The van der Waals surface area contributed by atoms with Gasteiger partial charge in [-0.15, -0.1) is 0 Å². The Hall–Kier alpha value is -1.23. The van der Waals surface area contributed by atoms with Crippen molar-refractivity contribution in [3.8, 4) is 0 Å². The molecule has 0 N–H and O–H groups in total. The van der Waals surface area contributed by atoms with Gasteiger partial charge in [-0.05, 0) is 13.0 Å². The Morgan fingerprint density at radius 2 is 2.25 bits per heavy atom. The van der Waals surface area contributed by atoms with E-state index in [1.54, 1.807) is 6.92 Å². The van der Waals surface area contributed by atoms with Gasteiger partial charge in [0.15, 0.2) is 0 Å². The highest BCUT2D eigenvalue weighted by Crippen LogP contribution is 2.28. The minimum Gasteiger partial charge on any atom is -0.469 e. The van der Waals surface area contributed by atoms with E-state index in [1.165, 1.54) is 13.2 Å². The summed E-state index contributed by atoms with van der Waals surface area (Å²) in [5.74, 6) is -0.630. The van der Waals surface area contributed by atoms with Crippen LogP contribution in [-0.4, -0.2) is 18.1 Å². The average molecular weight is 250 g/mol. The number of methoxy groups -OCH3 is 1. The van der Waals surface area contributed by atoms with Gasteiger partial charge >= 0.3 is 5.97 Å². The second kappa shape index (κ2) is 5.21. The lowest BCUT2D eigenvalue weighted by Gasteiger charge is -2.10. The van der Waals surface area contributed by atoms with Gasteiger partial charge in [0.1, 0.15) is 5.15 Å². The molecule has 0 aliphatic heterocycles. The number of pyridine rings is 1. The number of rotatable bonds is 3. The van der Waals surface area contributed by atoms with E-state index in [4.69, 9.17) is 11.6 Å². The maximum absolute atomic E-state index is 12.7. The van der Waals surface area contributed by atoms with Crippen molar-refractivity contribution in [1.29, 1.82) is 0 Å². The first-order chi connectivity index (χ1) is 7.45. The van der Waals surface area contributed by atoms with Crippen LogP contribution in [0.25, 0.3) is 0 Å². The Bertz CT molecular complexity index is 410. The molecular weight excluding hydrogens is 240 g/mol. The van der Waals surface area contributed by atoms with Crippen molar-refractivity contribution in [2.45, 2.75) is 19.8 Å². The molecule has 0 unspecified atom stereocenters. The smallest absolute Gasteiger partial charge is 0.310 e. The molecule has 0 aliphatic rings. The topological polar surface area (TPSA) is 39.2 Å². The first-order valence-corrected chi connectivity index (χ1v) is 4.84. The van der Waals surface area contributed by atoms with E-state index in [9.17, 15) is 13.6 Å². The number of nitrogens with zero attached hydrogens (tertiary/aromatic N) is 1. The van der Waals surface area contributed by atoms with Gasteiger partial charge in [-0.3, -0.25) is 4.79 Å². The number of ether oxygens (including phenoxy) is 1. The molecule has 0 aromatic carbocycles. The molecule has 88 valence electrons. The summed E-state index contributed by atoms with van der Waals surface area (Å²) in [5, 5.41) is -0.0827. The molecule has 0 radical (unpaired) electrons. The SMILES string of the molecule is COC(=O)Cc1c(C(F)F)cc(C)nc1Cl. The highest BCUT2D eigenvalue weighted by atomic mass is 35.5. The van der Waals surface area contributed by atoms with Crippen LogP contribution in [0.3, 0.4) is 0 Å². The number of hydrogen-bond donors (Lipinski definition) is 0. The van der Waals surface area contributed by atoms with Crippen LogP contribution in [0.4, 0.5) is 8.78 Å². The molecule has 3 nitrogen and oxygen atoms in total. The molecule has 0 fully saturated rings. The lowest BCUT2D eigenvalue weighted by molar-refractivity contribution is -0.139. The third-order valence-corrected chi connectivity index (χ3v) is 2.33. The van der Waals surface area contributed by atoms with E-state index in [-0.39, 0.29) is 22.7 Å². The molecule has 0 aliphatic carbocycles. The molecule has 16 heavy (non-hydrogen) atoms. The van der Waals surface area contributed by atoms with Gasteiger partial charge in [0.25, 0.3) is 6.43 Å². The Balaban J connectivity index is 3.19. The number of alkyl halides is 2. The van der Waals surface area contributed by atoms with Crippen molar-refractivity contribution in [2.75, 3.05) is 7.11 Å². The Morgan fingerprint density at radius 1 is 1.62 bits per heavy atom. The van der Waals surface area contributed by atoms with Gasteiger partial charge in [-0.2, -0.15) is 0 Å². The Morgan fingerprint density at radius 3 is 2.75 bits per heavy atom. The minimum absolute atomic E-state index is 0.0223. The first-order valence-electron chi connectivity index (χ1n) is 4.46. The lowest BCUT2D eigenvalue weighted by Crippen LogP contribution is -2.09. The second-order valence-corrected chi connectivity index (χ2v) is 3.53. The highest BCUT2D eigenvalue weighted by molar-refractivity contribution is 6.30. The molecule has 0 atom stereocenters. The fourth-order valence-corrected chi connectivity index (χ4v) is 1.58. The zero-order valence-corrected chi connectivity index (χ0v) is 9.52. The molecule has 0 saturated heterocycles. The quantitative estimate of drug-likeness (QED) is 0.611. The van der Waals surface area contributed by atoms with Gasteiger partial charge in [0, 0.05) is 16.8 Å². The first kappa shape index (κ1) is 12.8.